The van der Waals surface area contributed by atoms with Crippen LogP contribution in [0.25, 0.3) is 0 Å². The first-order valence-corrected chi connectivity index (χ1v) is 5.74. The number of carbonyl (C=O) groups is 1. The van der Waals surface area contributed by atoms with Crippen molar-refractivity contribution >= 4 is 5.78 Å². The Morgan fingerprint density at radius 1 is 1.47 bits per heavy atom. The molecule has 0 aromatic heterocycles. The molecule has 0 N–H and O–H groups in total. The highest BCUT2D eigenvalue weighted by Gasteiger charge is 2.73. The van der Waals surface area contributed by atoms with Crippen LogP contribution in [0, 0.1) is 22.7 Å². The van der Waals surface area contributed by atoms with Crippen LogP contribution in [-0.2, 0) is 9.53 Å². The van der Waals surface area contributed by atoms with Gasteiger partial charge in [0.25, 0.3) is 0 Å². The molecule has 3 heteroatoms. The molecule has 1 saturated heterocycles. The van der Waals surface area contributed by atoms with Crippen LogP contribution in [-0.4, -0.2) is 17.5 Å². The van der Waals surface area contributed by atoms with Gasteiger partial charge in [-0.05, 0) is 19.3 Å². The molecule has 2 aliphatic carbocycles. The van der Waals surface area contributed by atoms with Crippen LogP contribution in [0.2, 0.25) is 0 Å². The summed E-state index contributed by atoms with van der Waals surface area (Å²) in [5, 5.41) is 8.97. The number of carbonyl (C=O) groups excluding carboxylic acids is 1. The maximum Gasteiger partial charge on any atom is 0.181 e. The van der Waals surface area contributed by atoms with Gasteiger partial charge in [0.1, 0.15) is 17.6 Å². The van der Waals surface area contributed by atoms with Crippen LogP contribution in [0.1, 0.15) is 39.0 Å². The molecule has 0 aromatic carbocycles. The molecular formula is C12H15NO2. The third-order valence-electron chi connectivity index (χ3n) is 4.66. The Hall–Kier alpha value is -0.880. The SMILES string of the molecule is C[C@@]12CCCC[C@]13O[C@@H]3C(=O)C(C#N)C2. The second-order valence-electron chi connectivity index (χ2n) is 5.44. The van der Waals surface area contributed by atoms with E-state index in [1.165, 1.54) is 6.42 Å². The van der Waals surface area contributed by atoms with E-state index in [1.54, 1.807) is 0 Å². The maximum absolute atomic E-state index is 11.8. The molecule has 3 fully saturated rings. The van der Waals surface area contributed by atoms with Crippen LogP contribution >= 0.6 is 0 Å². The number of Topliss-reactive ketones (excluding diaryl/α,β-unsaturated/α-hetero) is 1. The Labute approximate surface area is 89.4 Å². The van der Waals surface area contributed by atoms with Gasteiger partial charge in [0.2, 0.25) is 0 Å². The number of hydrogen-bond donors (Lipinski definition) is 0. The highest BCUT2D eigenvalue weighted by molar-refractivity contribution is 5.92. The lowest BCUT2D eigenvalue weighted by atomic mass is 9.57. The molecule has 1 unspecified atom stereocenters. The summed E-state index contributed by atoms with van der Waals surface area (Å²) in [5.74, 6) is -0.384. The Morgan fingerprint density at radius 2 is 2.20 bits per heavy atom. The highest BCUT2D eigenvalue weighted by Crippen LogP contribution is 2.64. The molecule has 15 heavy (non-hydrogen) atoms. The van der Waals surface area contributed by atoms with Gasteiger partial charge in [-0.25, -0.2) is 0 Å². The highest BCUT2D eigenvalue weighted by atomic mass is 16.6. The lowest BCUT2D eigenvalue weighted by Gasteiger charge is -2.43. The molecule has 0 radical (unpaired) electrons. The molecule has 0 bridgehead atoms. The van der Waals surface area contributed by atoms with Crippen molar-refractivity contribution < 1.29 is 9.53 Å². The van der Waals surface area contributed by atoms with Gasteiger partial charge in [0.05, 0.1) is 6.07 Å². The first-order chi connectivity index (χ1) is 7.13. The van der Waals surface area contributed by atoms with Gasteiger partial charge >= 0.3 is 0 Å². The van der Waals surface area contributed by atoms with Gasteiger partial charge < -0.3 is 4.74 Å². The molecule has 0 amide bonds. The van der Waals surface area contributed by atoms with Crippen molar-refractivity contribution in [3.8, 4) is 6.07 Å². The summed E-state index contributed by atoms with van der Waals surface area (Å²) in [6.07, 6.45) is 4.95. The molecule has 3 rings (SSSR count). The van der Waals surface area contributed by atoms with E-state index in [9.17, 15) is 4.79 Å². The van der Waals surface area contributed by atoms with E-state index in [4.69, 9.17) is 10.00 Å². The molecule has 3 aliphatic rings. The fraction of sp³-hybridized carbons (Fsp3) is 0.833. The zero-order valence-electron chi connectivity index (χ0n) is 8.95. The first kappa shape index (κ1) is 9.35. The standard InChI is InChI=1S/C12H15NO2/c1-11-4-2-3-5-12(11)10(15-12)9(14)8(6-11)7-13/h8,10H,2-6H2,1H3/t8?,10-,11+,12-/m1/s1. The molecule has 3 nitrogen and oxygen atoms in total. The Morgan fingerprint density at radius 3 is 2.93 bits per heavy atom. The summed E-state index contributed by atoms with van der Waals surface area (Å²) in [6, 6.07) is 2.14. The topological polar surface area (TPSA) is 53.4 Å². The van der Waals surface area contributed by atoms with Crippen molar-refractivity contribution in [3.63, 3.8) is 0 Å². The number of nitriles is 1. The van der Waals surface area contributed by atoms with E-state index in [0.717, 1.165) is 19.3 Å². The summed E-state index contributed by atoms with van der Waals surface area (Å²) in [7, 11) is 0. The van der Waals surface area contributed by atoms with Crippen molar-refractivity contribution in [3.05, 3.63) is 0 Å². The van der Waals surface area contributed by atoms with E-state index in [-0.39, 0.29) is 22.9 Å². The van der Waals surface area contributed by atoms with Crippen molar-refractivity contribution in [2.45, 2.75) is 50.7 Å². The quantitative estimate of drug-likeness (QED) is 0.567. The van der Waals surface area contributed by atoms with E-state index < -0.39 is 5.92 Å². The number of hydrogen-bond acceptors (Lipinski definition) is 3. The number of ketones is 1. The minimum Gasteiger partial charge on any atom is -0.357 e. The van der Waals surface area contributed by atoms with Crippen molar-refractivity contribution in [1.29, 1.82) is 5.26 Å². The monoisotopic (exact) mass is 205 g/mol. The van der Waals surface area contributed by atoms with Crippen molar-refractivity contribution in [2.24, 2.45) is 11.3 Å². The summed E-state index contributed by atoms with van der Waals surface area (Å²) < 4.78 is 5.72. The minimum atomic E-state index is -0.422. The van der Waals surface area contributed by atoms with Crippen LogP contribution in [0.3, 0.4) is 0 Å². The van der Waals surface area contributed by atoms with Crippen LogP contribution in [0.15, 0.2) is 0 Å². The van der Waals surface area contributed by atoms with Gasteiger partial charge in [-0.1, -0.05) is 19.8 Å². The van der Waals surface area contributed by atoms with Crippen LogP contribution < -0.4 is 0 Å². The number of nitrogens with zero attached hydrogens (tertiary/aromatic N) is 1. The molecule has 2 saturated carbocycles. The largest absolute Gasteiger partial charge is 0.357 e. The molecular weight excluding hydrogens is 190 g/mol. The van der Waals surface area contributed by atoms with Gasteiger partial charge in [-0.3, -0.25) is 4.79 Å². The zero-order chi connectivity index (χ0) is 10.7. The summed E-state index contributed by atoms with van der Waals surface area (Å²) in [5.41, 5.74) is -0.0973. The van der Waals surface area contributed by atoms with Crippen molar-refractivity contribution in [2.75, 3.05) is 0 Å². The smallest absolute Gasteiger partial charge is 0.181 e. The normalized spacial score (nSPS) is 52.7. The molecule has 4 atom stereocenters. The second kappa shape index (κ2) is 2.62. The molecule has 1 heterocycles. The van der Waals surface area contributed by atoms with E-state index in [2.05, 4.69) is 13.0 Å². The average Bonchev–Trinajstić information content (AvgIpc) is 2.95. The Bertz CT molecular complexity index is 372. The third-order valence-corrected chi connectivity index (χ3v) is 4.66. The van der Waals surface area contributed by atoms with Crippen LogP contribution in [0.5, 0.6) is 0 Å². The maximum atomic E-state index is 11.8. The van der Waals surface area contributed by atoms with Gasteiger partial charge in [0, 0.05) is 5.41 Å². The van der Waals surface area contributed by atoms with E-state index in [0.29, 0.717) is 6.42 Å². The fourth-order valence-electron chi connectivity index (χ4n) is 3.65. The van der Waals surface area contributed by atoms with Crippen LogP contribution in [0.4, 0.5) is 0 Å². The lowest BCUT2D eigenvalue weighted by Crippen LogP contribution is -2.49. The first-order valence-electron chi connectivity index (χ1n) is 5.74. The Balaban J connectivity index is 1.98. The second-order valence-corrected chi connectivity index (χ2v) is 5.44. The predicted molar refractivity (Wildman–Crippen MR) is 52.9 cm³/mol. The average molecular weight is 205 g/mol. The lowest BCUT2D eigenvalue weighted by molar-refractivity contribution is -0.125. The fourth-order valence-corrected chi connectivity index (χ4v) is 3.65. The molecule has 1 aliphatic heterocycles. The Kier molecular flexibility index (Phi) is 1.63. The predicted octanol–water partition coefficient (Wildman–Crippen LogP) is 1.82. The molecule has 0 aromatic rings. The van der Waals surface area contributed by atoms with Gasteiger partial charge in [-0.15, -0.1) is 0 Å². The summed E-state index contributed by atoms with van der Waals surface area (Å²) in [4.78, 5) is 11.8. The van der Waals surface area contributed by atoms with Gasteiger partial charge in [-0.2, -0.15) is 5.26 Å². The zero-order valence-corrected chi connectivity index (χ0v) is 8.95. The summed E-state index contributed by atoms with van der Waals surface area (Å²) in [6.45, 7) is 2.20. The number of epoxide rings is 1. The number of rotatable bonds is 0. The third kappa shape index (κ3) is 0.959. The molecule has 80 valence electrons. The van der Waals surface area contributed by atoms with E-state index >= 15 is 0 Å². The van der Waals surface area contributed by atoms with E-state index in [1.807, 2.05) is 0 Å². The minimum absolute atomic E-state index is 0.0388. The molecule has 1 spiro atoms. The number of ether oxygens (including phenoxy) is 1. The van der Waals surface area contributed by atoms with Crippen molar-refractivity contribution in [1.82, 2.24) is 0 Å². The summed E-state index contributed by atoms with van der Waals surface area (Å²) >= 11 is 0. The van der Waals surface area contributed by atoms with Gasteiger partial charge in [0.15, 0.2) is 5.78 Å².